The molecule has 1 N–H and O–H groups in total. The van der Waals surface area contributed by atoms with E-state index in [1.807, 2.05) is 6.20 Å². The molecule has 2 rings (SSSR count). The third-order valence-corrected chi connectivity index (χ3v) is 3.36. The van der Waals surface area contributed by atoms with Gasteiger partial charge in [0.15, 0.2) is 0 Å². The van der Waals surface area contributed by atoms with Crippen LogP contribution in [0.25, 0.3) is 0 Å². The van der Waals surface area contributed by atoms with Crippen LogP contribution >= 0.6 is 0 Å². The van der Waals surface area contributed by atoms with Crippen molar-refractivity contribution >= 4 is 0 Å². The second-order valence-electron chi connectivity index (χ2n) is 4.75. The van der Waals surface area contributed by atoms with Gasteiger partial charge in [0, 0.05) is 24.3 Å². The highest BCUT2D eigenvalue weighted by atomic mass is 15.3. The first-order valence-corrected chi connectivity index (χ1v) is 6.66. The minimum absolute atomic E-state index is 0.540. The van der Waals surface area contributed by atoms with E-state index in [0.29, 0.717) is 6.04 Å². The van der Waals surface area contributed by atoms with Crippen molar-refractivity contribution in [3.63, 3.8) is 0 Å². The first-order chi connectivity index (χ1) is 7.90. The van der Waals surface area contributed by atoms with Gasteiger partial charge in [0.05, 0.1) is 6.20 Å². The Balaban J connectivity index is 1.94. The van der Waals surface area contributed by atoms with Gasteiger partial charge in [-0.15, -0.1) is 0 Å². The van der Waals surface area contributed by atoms with Gasteiger partial charge in [-0.3, -0.25) is 4.68 Å². The molecule has 2 heterocycles. The summed E-state index contributed by atoms with van der Waals surface area (Å²) < 4.78 is 2.09. The van der Waals surface area contributed by atoms with Crippen molar-refractivity contribution in [2.45, 2.75) is 58.0 Å². The van der Waals surface area contributed by atoms with Crippen LogP contribution in [0.1, 0.15) is 57.1 Å². The highest BCUT2D eigenvalue weighted by Crippen LogP contribution is 2.22. The average Bonchev–Trinajstić information content (AvgIpc) is 2.60. The van der Waals surface area contributed by atoms with E-state index in [2.05, 4.69) is 28.2 Å². The summed E-state index contributed by atoms with van der Waals surface area (Å²) in [7, 11) is 0. The number of hydrogen-bond donors (Lipinski definition) is 1. The van der Waals surface area contributed by atoms with Gasteiger partial charge in [-0.1, -0.05) is 26.2 Å². The van der Waals surface area contributed by atoms with E-state index in [4.69, 9.17) is 0 Å². The highest BCUT2D eigenvalue weighted by molar-refractivity contribution is 5.10. The zero-order valence-corrected chi connectivity index (χ0v) is 10.3. The van der Waals surface area contributed by atoms with Crippen molar-refractivity contribution in [2.24, 2.45) is 0 Å². The van der Waals surface area contributed by atoms with Crippen LogP contribution in [-0.2, 0) is 6.54 Å². The Labute approximate surface area is 98.2 Å². The van der Waals surface area contributed by atoms with Gasteiger partial charge in [-0.2, -0.15) is 5.10 Å². The van der Waals surface area contributed by atoms with Crippen molar-refractivity contribution in [3.8, 4) is 0 Å². The molecule has 0 amide bonds. The highest BCUT2D eigenvalue weighted by Gasteiger charge is 2.14. The van der Waals surface area contributed by atoms with E-state index in [0.717, 1.165) is 13.1 Å². The molecule has 0 aliphatic carbocycles. The lowest BCUT2D eigenvalue weighted by molar-refractivity contribution is 0.531. The number of rotatable bonds is 4. The molecule has 3 nitrogen and oxygen atoms in total. The zero-order valence-electron chi connectivity index (χ0n) is 10.3. The first-order valence-electron chi connectivity index (χ1n) is 6.66. The Morgan fingerprint density at radius 1 is 1.44 bits per heavy atom. The van der Waals surface area contributed by atoms with Gasteiger partial charge in [-0.05, 0) is 25.8 Å². The van der Waals surface area contributed by atoms with Gasteiger partial charge < -0.3 is 5.32 Å². The van der Waals surface area contributed by atoms with Crippen molar-refractivity contribution < 1.29 is 0 Å². The van der Waals surface area contributed by atoms with Crippen molar-refractivity contribution in [1.29, 1.82) is 0 Å². The average molecular weight is 221 g/mol. The number of aryl methyl sites for hydroxylation is 1. The molecule has 1 aliphatic rings. The summed E-state index contributed by atoms with van der Waals surface area (Å²) in [6.45, 7) is 4.44. The molecule has 0 bridgehead atoms. The van der Waals surface area contributed by atoms with Crippen LogP contribution in [0.5, 0.6) is 0 Å². The fourth-order valence-corrected chi connectivity index (χ4v) is 2.32. The van der Waals surface area contributed by atoms with E-state index in [-0.39, 0.29) is 0 Å². The predicted octanol–water partition coefficient (Wildman–Crippen LogP) is 2.89. The lowest BCUT2D eigenvalue weighted by atomic mass is 10.1. The summed E-state index contributed by atoms with van der Waals surface area (Å²) in [5, 5.41) is 8.05. The molecule has 3 heteroatoms. The molecule has 1 fully saturated rings. The molecule has 90 valence electrons. The SMILES string of the molecule is CCCCn1cc([C@@H]2CCCCCN2)cn1. The fraction of sp³-hybridized carbons (Fsp3) is 0.769. The third kappa shape index (κ3) is 3.08. The van der Waals surface area contributed by atoms with E-state index in [9.17, 15) is 0 Å². The Morgan fingerprint density at radius 3 is 3.25 bits per heavy atom. The number of nitrogens with one attached hydrogen (secondary N) is 1. The first kappa shape index (κ1) is 11.6. The maximum absolute atomic E-state index is 4.44. The van der Waals surface area contributed by atoms with Gasteiger partial charge in [0.25, 0.3) is 0 Å². The molecule has 1 aromatic rings. The smallest absolute Gasteiger partial charge is 0.0537 e. The largest absolute Gasteiger partial charge is 0.310 e. The van der Waals surface area contributed by atoms with Crippen molar-refractivity contribution in [2.75, 3.05) is 6.54 Å². The second kappa shape index (κ2) is 6.04. The summed E-state index contributed by atoms with van der Waals surface area (Å²) in [4.78, 5) is 0. The molecule has 1 aromatic heterocycles. The number of hydrogen-bond acceptors (Lipinski definition) is 2. The van der Waals surface area contributed by atoms with E-state index >= 15 is 0 Å². The minimum Gasteiger partial charge on any atom is -0.310 e. The second-order valence-corrected chi connectivity index (χ2v) is 4.75. The number of aromatic nitrogens is 2. The van der Waals surface area contributed by atoms with Gasteiger partial charge in [0.1, 0.15) is 0 Å². The maximum atomic E-state index is 4.44. The summed E-state index contributed by atoms with van der Waals surface area (Å²) in [5.41, 5.74) is 1.37. The molecule has 1 saturated heterocycles. The quantitative estimate of drug-likeness (QED) is 0.847. The summed E-state index contributed by atoms with van der Waals surface area (Å²) >= 11 is 0. The van der Waals surface area contributed by atoms with E-state index in [1.165, 1.54) is 44.1 Å². The maximum Gasteiger partial charge on any atom is 0.0537 e. The molecule has 1 atom stereocenters. The van der Waals surface area contributed by atoms with Crippen LogP contribution in [0.15, 0.2) is 12.4 Å². The van der Waals surface area contributed by atoms with Crippen molar-refractivity contribution in [1.82, 2.24) is 15.1 Å². The Morgan fingerprint density at radius 2 is 2.38 bits per heavy atom. The lowest BCUT2D eigenvalue weighted by Gasteiger charge is -2.13. The number of unbranched alkanes of at least 4 members (excludes halogenated alkanes) is 1. The molecule has 0 radical (unpaired) electrons. The topological polar surface area (TPSA) is 29.9 Å². The van der Waals surface area contributed by atoms with Gasteiger partial charge >= 0.3 is 0 Å². The van der Waals surface area contributed by atoms with Crippen LogP contribution in [0.3, 0.4) is 0 Å². The van der Waals surface area contributed by atoms with Gasteiger partial charge in [-0.25, -0.2) is 0 Å². The third-order valence-electron chi connectivity index (χ3n) is 3.36. The Hall–Kier alpha value is -0.830. The van der Waals surface area contributed by atoms with Crippen LogP contribution in [0.2, 0.25) is 0 Å². The molecule has 1 aliphatic heterocycles. The molecule has 0 aromatic carbocycles. The molecule has 16 heavy (non-hydrogen) atoms. The standard InChI is InChI=1S/C13H23N3/c1-2-3-9-16-11-12(10-15-16)13-7-5-4-6-8-14-13/h10-11,13-14H,2-9H2,1H3/t13-/m0/s1. The Bertz CT molecular complexity index is 298. The van der Waals surface area contributed by atoms with Crippen LogP contribution in [-0.4, -0.2) is 16.3 Å². The molecular formula is C13H23N3. The van der Waals surface area contributed by atoms with Crippen LogP contribution in [0, 0.1) is 0 Å². The number of nitrogens with zero attached hydrogens (tertiary/aromatic N) is 2. The normalized spacial score (nSPS) is 21.9. The molecule has 0 spiro atoms. The summed E-state index contributed by atoms with van der Waals surface area (Å²) in [6.07, 6.45) is 12.0. The summed E-state index contributed by atoms with van der Waals surface area (Å²) in [5.74, 6) is 0. The fourth-order valence-electron chi connectivity index (χ4n) is 2.32. The van der Waals surface area contributed by atoms with E-state index in [1.54, 1.807) is 0 Å². The van der Waals surface area contributed by atoms with Gasteiger partial charge in [0.2, 0.25) is 0 Å². The molecule has 0 saturated carbocycles. The Kier molecular flexibility index (Phi) is 4.40. The molecular weight excluding hydrogens is 198 g/mol. The lowest BCUT2D eigenvalue weighted by Crippen LogP contribution is -2.19. The minimum atomic E-state index is 0.540. The zero-order chi connectivity index (χ0) is 11.2. The van der Waals surface area contributed by atoms with Crippen molar-refractivity contribution in [3.05, 3.63) is 18.0 Å². The predicted molar refractivity (Wildman–Crippen MR) is 66.3 cm³/mol. The molecule has 0 unspecified atom stereocenters. The summed E-state index contributed by atoms with van der Waals surface area (Å²) in [6, 6.07) is 0.540. The van der Waals surface area contributed by atoms with E-state index < -0.39 is 0 Å². The van der Waals surface area contributed by atoms with Crippen LogP contribution < -0.4 is 5.32 Å². The monoisotopic (exact) mass is 221 g/mol. The van der Waals surface area contributed by atoms with Crippen LogP contribution in [0.4, 0.5) is 0 Å².